The van der Waals surface area contributed by atoms with E-state index in [0.717, 1.165) is 38.0 Å². The van der Waals surface area contributed by atoms with Crippen molar-refractivity contribution < 1.29 is 17.9 Å². The van der Waals surface area contributed by atoms with E-state index in [1.54, 1.807) is 26.2 Å². The molecule has 0 aliphatic carbocycles. The molecular weight excluding hydrogens is 546 g/mol. The van der Waals surface area contributed by atoms with Gasteiger partial charge in [0.15, 0.2) is 0 Å². The van der Waals surface area contributed by atoms with Gasteiger partial charge >= 0.3 is 0 Å². The van der Waals surface area contributed by atoms with Gasteiger partial charge < -0.3 is 15.4 Å². The largest absolute Gasteiger partial charge is 0.399 e. The van der Waals surface area contributed by atoms with E-state index in [4.69, 9.17) is 10.5 Å². The molecule has 3 N–H and O–H groups in total. The zero-order valence-electron chi connectivity index (χ0n) is 24.3. The quantitative estimate of drug-likeness (QED) is 0.251. The number of nitrogens with one attached hydrogen (secondary N) is 1. The summed E-state index contributed by atoms with van der Waals surface area (Å²) in [6.45, 7) is 5.42. The summed E-state index contributed by atoms with van der Waals surface area (Å²) in [6.07, 6.45) is 2.53. The molecule has 1 heterocycles. The van der Waals surface area contributed by atoms with Crippen molar-refractivity contribution in [2.24, 2.45) is 0 Å². The number of benzene rings is 4. The number of piperidine rings is 1. The molecule has 1 aliphatic rings. The molecule has 1 fully saturated rings. The number of nitrogens with zero attached hydrogens (tertiary/aromatic N) is 1. The molecule has 42 heavy (non-hydrogen) atoms. The first-order valence-corrected chi connectivity index (χ1v) is 15.6. The maximum Gasteiger partial charge on any atom is 0.264 e. The summed E-state index contributed by atoms with van der Waals surface area (Å²) in [4.78, 5) is 15.0. The number of carbonyl (C=O) groups is 1. The first-order chi connectivity index (χ1) is 20.1. The zero-order valence-corrected chi connectivity index (χ0v) is 25.1. The van der Waals surface area contributed by atoms with Crippen molar-refractivity contribution in [3.05, 3.63) is 113 Å². The molecule has 4 aromatic carbocycles. The van der Waals surface area contributed by atoms with E-state index in [1.807, 2.05) is 12.1 Å². The normalized spacial score (nSPS) is 14.9. The number of hydrogen-bond acceptors (Lipinski definition) is 6. The van der Waals surface area contributed by atoms with Crippen molar-refractivity contribution in [3.8, 4) is 11.1 Å². The monoisotopic (exact) mass is 583 g/mol. The second-order valence-corrected chi connectivity index (χ2v) is 12.8. The van der Waals surface area contributed by atoms with Crippen molar-refractivity contribution in [2.45, 2.75) is 43.6 Å². The number of hydrogen-bond donors (Lipinski definition) is 2. The molecule has 8 heteroatoms. The van der Waals surface area contributed by atoms with Gasteiger partial charge in [-0.2, -0.15) is 0 Å². The van der Waals surface area contributed by atoms with E-state index in [1.165, 1.54) is 40.5 Å². The van der Waals surface area contributed by atoms with Gasteiger partial charge in [-0.15, -0.1) is 0 Å². The Morgan fingerprint density at radius 3 is 2.24 bits per heavy atom. The zero-order chi connectivity index (χ0) is 29.9. The molecule has 1 aliphatic heterocycles. The first-order valence-electron chi connectivity index (χ1n) is 14.1. The van der Waals surface area contributed by atoms with Crippen molar-refractivity contribution >= 4 is 27.3 Å². The van der Waals surface area contributed by atoms with Crippen LogP contribution in [0, 0.1) is 13.8 Å². The van der Waals surface area contributed by atoms with Crippen LogP contribution in [0.15, 0.2) is 95.9 Å². The molecule has 1 saturated heterocycles. The van der Waals surface area contributed by atoms with Gasteiger partial charge in [-0.1, -0.05) is 54.1 Å². The van der Waals surface area contributed by atoms with E-state index in [9.17, 15) is 13.2 Å². The molecule has 0 aromatic heterocycles. The fourth-order valence-corrected chi connectivity index (χ4v) is 6.60. The molecule has 218 valence electrons. The second-order valence-electron chi connectivity index (χ2n) is 11.1. The highest BCUT2D eigenvalue weighted by molar-refractivity contribution is 7.90. The fraction of sp³-hybridized carbons (Fsp3) is 0.265. The van der Waals surface area contributed by atoms with Crippen LogP contribution in [0.4, 0.5) is 11.4 Å². The number of nitrogen functional groups attached to an aromatic ring is 1. The second kappa shape index (κ2) is 12.0. The lowest BCUT2D eigenvalue weighted by Crippen LogP contribution is -2.47. The predicted molar refractivity (Wildman–Crippen MR) is 168 cm³/mol. The Morgan fingerprint density at radius 2 is 1.60 bits per heavy atom. The average Bonchev–Trinajstić information content (AvgIpc) is 2.99. The molecule has 0 spiro atoms. The van der Waals surface area contributed by atoms with Crippen LogP contribution in [0.3, 0.4) is 0 Å². The Labute approximate surface area is 248 Å². The smallest absolute Gasteiger partial charge is 0.264 e. The third-order valence-corrected chi connectivity index (χ3v) is 9.60. The fourth-order valence-electron chi connectivity index (χ4n) is 5.54. The third-order valence-electron chi connectivity index (χ3n) is 8.27. The molecule has 0 bridgehead atoms. The van der Waals surface area contributed by atoms with Crippen molar-refractivity contribution in [1.29, 1.82) is 0 Å². The van der Waals surface area contributed by atoms with Crippen LogP contribution in [-0.4, -0.2) is 40.1 Å². The van der Waals surface area contributed by atoms with Gasteiger partial charge in [0.1, 0.15) is 0 Å². The molecular formula is C34H37N3O4S. The third kappa shape index (κ3) is 6.35. The van der Waals surface area contributed by atoms with Crippen LogP contribution in [0.2, 0.25) is 0 Å². The topological polar surface area (TPSA) is 102 Å². The Kier molecular flexibility index (Phi) is 8.38. The number of anilines is 2. The van der Waals surface area contributed by atoms with Crippen LogP contribution in [-0.2, 0) is 21.2 Å². The lowest BCUT2D eigenvalue weighted by atomic mass is 9.82. The number of methoxy groups -OCH3 is 1. The van der Waals surface area contributed by atoms with Crippen LogP contribution >= 0.6 is 0 Å². The number of carbonyl (C=O) groups excluding carboxylic acids is 1. The highest BCUT2D eigenvalue weighted by Gasteiger charge is 2.35. The number of rotatable bonds is 8. The highest BCUT2D eigenvalue weighted by Crippen LogP contribution is 2.35. The van der Waals surface area contributed by atoms with Crippen LogP contribution < -0.4 is 15.4 Å². The van der Waals surface area contributed by atoms with Crippen LogP contribution in [0.5, 0.6) is 0 Å². The lowest BCUT2D eigenvalue weighted by Gasteiger charge is -2.42. The number of aryl methyl sites for hydroxylation is 2. The molecule has 0 atom stereocenters. The Hall–Kier alpha value is -4.14. The molecule has 4 aromatic rings. The summed E-state index contributed by atoms with van der Waals surface area (Å²) in [7, 11) is -2.22. The van der Waals surface area contributed by atoms with Crippen molar-refractivity contribution in [1.82, 2.24) is 4.72 Å². The molecule has 0 saturated carbocycles. The maximum atomic E-state index is 12.8. The molecule has 1 amide bonds. The van der Waals surface area contributed by atoms with E-state index >= 15 is 0 Å². The summed E-state index contributed by atoms with van der Waals surface area (Å²) < 4.78 is 33.8. The number of amides is 1. The summed E-state index contributed by atoms with van der Waals surface area (Å²) in [5.41, 5.74) is 12.8. The number of nitrogens with two attached hydrogens (primary N) is 1. The minimum Gasteiger partial charge on any atom is -0.399 e. The van der Waals surface area contributed by atoms with Gasteiger partial charge in [-0.05, 0) is 91.4 Å². The minimum atomic E-state index is -4.02. The Morgan fingerprint density at radius 1 is 0.929 bits per heavy atom. The van der Waals surface area contributed by atoms with E-state index < -0.39 is 15.9 Å². The lowest BCUT2D eigenvalue weighted by molar-refractivity contribution is -0.0288. The minimum absolute atomic E-state index is 0.00407. The summed E-state index contributed by atoms with van der Waals surface area (Å²) in [5, 5.41) is 0. The predicted octanol–water partition coefficient (Wildman–Crippen LogP) is 5.90. The van der Waals surface area contributed by atoms with Gasteiger partial charge in [0, 0.05) is 43.6 Å². The summed E-state index contributed by atoms with van der Waals surface area (Å²) in [6, 6.07) is 28.6. The van der Waals surface area contributed by atoms with Gasteiger partial charge in [-0.3, -0.25) is 4.79 Å². The standard InChI is InChI=1S/C34H37N3O4S/c1-24-8-10-26(11-9-24)31-7-5-4-6-28(31)23-34(41-3)18-20-37(21-19-34)29-14-12-27(13-15-29)33(38)36-42(39,40)30-16-17-32(35)25(2)22-30/h4-17,22H,18-21,23,35H2,1-3H3,(H,36,38). The average molecular weight is 584 g/mol. The van der Waals surface area contributed by atoms with Gasteiger partial charge in [-0.25, -0.2) is 13.1 Å². The maximum absolute atomic E-state index is 12.8. The molecule has 5 rings (SSSR count). The molecule has 0 radical (unpaired) electrons. The summed E-state index contributed by atoms with van der Waals surface area (Å²) in [5.74, 6) is -0.680. The van der Waals surface area contributed by atoms with Crippen molar-refractivity contribution in [2.75, 3.05) is 30.8 Å². The van der Waals surface area contributed by atoms with E-state index in [2.05, 4.69) is 65.1 Å². The molecule has 0 unspecified atom stereocenters. The van der Waals surface area contributed by atoms with Crippen LogP contribution in [0.1, 0.15) is 39.9 Å². The van der Waals surface area contributed by atoms with Gasteiger partial charge in [0.05, 0.1) is 10.5 Å². The first kappa shape index (κ1) is 29.4. The van der Waals surface area contributed by atoms with Gasteiger partial charge in [0.2, 0.25) is 0 Å². The Balaban J connectivity index is 1.24. The van der Waals surface area contributed by atoms with Crippen LogP contribution in [0.25, 0.3) is 11.1 Å². The Bertz CT molecular complexity index is 1680. The van der Waals surface area contributed by atoms with Gasteiger partial charge in [0.25, 0.3) is 15.9 Å². The molecule has 7 nitrogen and oxygen atoms in total. The highest BCUT2D eigenvalue weighted by atomic mass is 32.2. The van der Waals surface area contributed by atoms with Crippen molar-refractivity contribution in [3.63, 3.8) is 0 Å². The van der Waals surface area contributed by atoms with E-state index in [0.29, 0.717) is 11.3 Å². The number of ether oxygens (including phenoxy) is 1. The summed E-state index contributed by atoms with van der Waals surface area (Å²) >= 11 is 0. The number of sulfonamides is 1. The van der Waals surface area contributed by atoms with E-state index in [-0.39, 0.29) is 16.1 Å². The SMILES string of the molecule is COC1(Cc2ccccc2-c2ccc(C)cc2)CCN(c2ccc(C(=O)NS(=O)(=O)c3ccc(N)c(C)c3)cc2)CC1.